The minimum Gasteiger partial charge on any atom is -0.351 e. The van der Waals surface area contributed by atoms with Gasteiger partial charge in [-0.3, -0.25) is 14.7 Å². The van der Waals surface area contributed by atoms with Gasteiger partial charge in [-0.25, -0.2) is 4.98 Å². The number of hydrogen-bond acceptors (Lipinski definition) is 4. The van der Waals surface area contributed by atoms with Crippen LogP contribution < -0.4 is 5.32 Å². The minimum absolute atomic E-state index is 0.0320. The predicted molar refractivity (Wildman–Crippen MR) is 103 cm³/mol. The highest BCUT2D eigenvalue weighted by atomic mass is 16.2. The Kier molecular flexibility index (Phi) is 6.50. The van der Waals surface area contributed by atoms with Crippen molar-refractivity contribution in [3.05, 3.63) is 11.6 Å². The van der Waals surface area contributed by atoms with Crippen molar-refractivity contribution in [1.82, 2.24) is 25.4 Å². The summed E-state index contributed by atoms with van der Waals surface area (Å²) >= 11 is 0. The molecular formula is C20H33N5O2. The Labute approximate surface area is 161 Å². The van der Waals surface area contributed by atoms with E-state index < -0.39 is 0 Å². The van der Waals surface area contributed by atoms with Gasteiger partial charge in [0.25, 0.3) is 0 Å². The molecule has 150 valence electrons. The van der Waals surface area contributed by atoms with Gasteiger partial charge >= 0.3 is 0 Å². The van der Waals surface area contributed by atoms with Gasteiger partial charge in [-0.2, -0.15) is 5.10 Å². The number of nitrogens with one attached hydrogen (secondary N) is 2. The summed E-state index contributed by atoms with van der Waals surface area (Å²) in [6.07, 6.45) is 7.84. The van der Waals surface area contributed by atoms with E-state index in [1.807, 2.05) is 25.7 Å². The number of aromatic amines is 1. The fourth-order valence-electron chi connectivity index (χ4n) is 4.40. The third kappa shape index (κ3) is 5.30. The van der Waals surface area contributed by atoms with Crippen LogP contribution in [-0.2, 0) is 9.59 Å². The van der Waals surface area contributed by atoms with E-state index in [-0.39, 0.29) is 23.9 Å². The molecule has 1 aromatic heterocycles. The smallest absolute Gasteiger partial charge is 0.223 e. The van der Waals surface area contributed by atoms with Crippen molar-refractivity contribution in [2.45, 2.75) is 84.2 Å². The van der Waals surface area contributed by atoms with E-state index in [0.29, 0.717) is 43.5 Å². The van der Waals surface area contributed by atoms with Gasteiger partial charge in [0.05, 0.1) is 6.04 Å². The molecule has 2 N–H and O–H groups in total. The van der Waals surface area contributed by atoms with Gasteiger partial charge in [0, 0.05) is 25.4 Å². The summed E-state index contributed by atoms with van der Waals surface area (Å²) in [4.78, 5) is 31.5. The van der Waals surface area contributed by atoms with Gasteiger partial charge in [-0.1, -0.05) is 39.5 Å². The van der Waals surface area contributed by atoms with Gasteiger partial charge in [-0.05, 0) is 31.6 Å². The zero-order chi connectivity index (χ0) is 19.4. The molecule has 1 aliphatic heterocycles. The summed E-state index contributed by atoms with van der Waals surface area (Å²) in [5, 5.41) is 10.3. The average molecular weight is 376 g/mol. The van der Waals surface area contributed by atoms with Gasteiger partial charge < -0.3 is 10.2 Å². The quantitative estimate of drug-likeness (QED) is 0.767. The number of amides is 2. The topological polar surface area (TPSA) is 91.0 Å². The van der Waals surface area contributed by atoms with Crippen molar-refractivity contribution in [3.63, 3.8) is 0 Å². The van der Waals surface area contributed by atoms with Crippen molar-refractivity contribution in [3.8, 4) is 0 Å². The summed E-state index contributed by atoms with van der Waals surface area (Å²) in [6.45, 7) is 6.48. The second-order valence-corrected chi connectivity index (χ2v) is 8.63. The fourth-order valence-corrected chi connectivity index (χ4v) is 4.40. The lowest BCUT2D eigenvalue weighted by molar-refractivity contribution is -0.133. The van der Waals surface area contributed by atoms with Crippen LogP contribution in [0.2, 0.25) is 0 Å². The largest absolute Gasteiger partial charge is 0.351 e. The second kappa shape index (κ2) is 8.85. The van der Waals surface area contributed by atoms with Crippen molar-refractivity contribution in [2.24, 2.45) is 11.8 Å². The second-order valence-electron chi connectivity index (χ2n) is 8.63. The lowest BCUT2D eigenvalue weighted by atomic mass is 10.0. The van der Waals surface area contributed by atoms with Crippen LogP contribution in [0.25, 0.3) is 0 Å². The fraction of sp³-hybridized carbons (Fsp3) is 0.800. The molecule has 7 nitrogen and oxygen atoms in total. The Morgan fingerprint density at radius 2 is 2.04 bits per heavy atom. The Bertz CT molecular complexity index is 651. The van der Waals surface area contributed by atoms with Crippen LogP contribution in [0, 0.1) is 18.8 Å². The molecule has 2 aliphatic rings. The molecule has 7 heteroatoms. The highest BCUT2D eigenvalue weighted by molar-refractivity contribution is 5.78. The summed E-state index contributed by atoms with van der Waals surface area (Å²) < 4.78 is 0. The normalized spacial score (nSPS) is 23.3. The number of carbonyl (C=O) groups is 2. The highest BCUT2D eigenvalue weighted by Crippen LogP contribution is 2.33. The van der Waals surface area contributed by atoms with Gasteiger partial charge in [0.2, 0.25) is 11.8 Å². The summed E-state index contributed by atoms with van der Waals surface area (Å²) in [5.74, 6) is 2.64. The Hall–Kier alpha value is -1.92. The molecule has 0 unspecified atom stereocenters. The molecular weight excluding hydrogens is 342 g/mol. The van der Waals surface area contributed by atoms with Crippen molar-refractivity contribution in [1.29, 1.82) is 0 Å². The van der Waals surface area contributed by atoms with E-state index in [9.17, 15) is 9.59 Å². The number of H-pyrrole nitrogens is 1. The first-order valence-corrected chi connectivity index (χ1v) is 10.4. The van der Waals surface area contributed by atoms with Crippen LogP contribution in [0.4, 0.5) is 0 Å². The molecule has 0 spiro atoms. The van der Waals surface area contributed by atoms with Crippen molar-refractivity contribution in [2.75, 3.05) is 6.54 Å². The Morgan fingerprint density at radius 3 is 2.67 bits per heavy atom. The van der Waals surface area contributed by atoms with Gasteiger partial charge in [-0.15, -0.1) is 0 Å². The SMILES string of the molecule is Cc1nc([C@@H]2C[C@H](NC(=O)CC(C)C)CN2C(=O)CCC2CCCC2)n[nH]1. The summed E-state index contributed by atoms with van der Waals surface area (Å²) in [7, 11) is 0. The van der Waals surface area contributed by atoms with Crippen LogP contribution in [-0.4, -0.2) is 44.5 Å². The minimum atomic E-state index is -0.157. The first-order chi connectivity index (χ1) is 12.9. The van der Waals surface area contributed by atoms with Gasteiger partial charge in [0.15, 0.2) is 5.82 Å². The lowest BCUT2D eigenvalue weighted by Gasteiger charge is -2.23. The van der Waals surface area contributed by atoms with E-state index in [4.69, 9.17) is 0 Å². The Morgan fingerprint density at radius 1 is 1.30 bits per heavy atom. The van der Waals surface area contributed by atoms with E-state index in [1.165, 1.54) is 25.7 Å². The average Bonchev–Trinajstić information content (AvgIpc) is 3.32. The van der Waals surface area contributed by atoms with E-state index in [2.05, 4.69) is 20.5 Å². The molecule has 1 aromatic rings. The molecule has 0 radical (unpaired) electrons. The van der Waals surface area contributed by atoms with E-state index in [0.717, 1.165) is 12.2 Å². The zero-order valence-corrected chi connectivity index (χ0v) is 16.8. The first-order valence-electron chi connectivity index (χ1n) is 10.4. The molecule has 3 rings (SSSR count). The maximum Gasteiger partial charge on any atom is 0.223 e. The predicted octanol–water partition coefficient (Wildman–Crippen LogP) is 2.89. The maximum absolute atomic E-state index is 12.9. The van der Waals surface area contributed by atoms with Crippen LogP contribution in [0.3, 0.4) is 0 Å². The standard InChI is InChI=1S/C20H33N5O2/c1-13(2)10-18(26)22-16-11-17(20-21-14(3)23-24-20)25(12-16)19(27)9-8-15-6-4-5-7-15/h13,15-17H,4-12H2,1-3H3,(H,22,26)(H,21,23,24)/t16-,17-/m0/s1. The first kappa shape index (κ1) is 19.8. The summed E-state index contributed by atoms with van der Waals surface area (Å²) in [5.41, 5.74) is 0. The van der Waals surface area contributed by atoms with Crippen molar-refractivity contribution < 1.29 is 9.59 Å². The number of rotatable bonds is 7. The number of aryl methyl sites for hydroxylation is 1. The third-order valence-electron chi connectivity index (χ3n) is 5.73. The van der Waals surface area contributed by atoms with Crippen LogP contribution in [0.1, 0.15) is 82.9 Å². The molecule has 0 aromatic carbocycles. The molecule has 0 bridgehead atoms. The van der Waals surface area contributed by atoms with Crippen molar-refractivity contribution >= 4 is 11.8 Å². The maximum atomic E-state index is 12.9. The third-order valence-corrected chi connectivity index (χ3v) is 5.73. The van der Waals surface area contributed by atoms with Crippen LogP contribution in [0.15, 0.2) is 0 Å². The molecule has 27 heavy (non-hydrogen) atoms. The number of aromatic nitrogens is 3. The zero-order valence-electron chi connectivity index (χ0n) is 16.8. The van der Waals surface area contributed by atoms with Crippen LogP contribution >= 0.6 is 0 Å². The highest BCUT2D eigenvalue weighted by Gasteiger charge is 2.38. The number of likely N-dealkylation sites (tertiary alicyclic amines) is 1. The number of nitrogens with zero attached hydrogens (tertiary/aromatic N) is 3. The molecule has 1 saturated carbocycles. The summed E-state index contributed by atoms with van der Waals surface area (Å²) in [6, 6.07) is -0.189. The molecule has 2 heterocycles. The van der Waals surface area contributed by atoms with Gasteiger partial charge in [0.1, 0.15) is 5.82 Å². The number of carbonyl (C=O) groups excluding carboxylic acids is 2. The lowest BCUT2D eigenvalue weighted by Crippen LogP contribution is -2.39. The molecule has 2 fully saturated rings. The Balaban J connectivity index is 1.64. The van der Waals surface area contributed by atoms with Crippen LogP contribution in [0.5, 0.6) is 0 Å². The molecule has 1 aliphatic carbocycles. The molecule has 2 amide bonds. The monoisotopic (exact) mass is 375 g/mol. The molecule has 1 saturated heterocycles. The van der Waals surface area contributed by atoms with E-state index in [1.54, 1.807) is 0 Å². The van der Waals surface area contributed by atoms with E-state index >= 15 is 0 Å². The number of hydrogen-bond donors (Lipinski definition) is 2. The molecule has 2 atom stereocenters.